The summed E-state index contributed by atoms with van der Waals surface area (Å²) in [6.45, 7) is 2.31. The van der Waals surface area contributed by atoms with E-state index in [0.717, 1.165) is 0 Å². The van der Waals surface area contributed by atoms with Gasteiger partial charge >= 0.3 is 0 Å². The molecule has 7 N–H and O–H groups in total. The summed E-state index contributed by atoms with van der Waals surface area (Å²) in [5.74, 6) is -8.29. The normalized spacial score (nSPS) is 28.5. The number of phenols is 1. The fourth-order valence-electron chi connectivity index (χ4n) is 6.32. The first kappa shape index (κ1) is 28.1. The SMILES string of the molecule is CCOc1ccc(/C=C2\c3cccc(O)c3C(O)=C3C(=O)[C@]4(O)C(O)=C(C(N)=O)C(=O)[C@@H](N(C)C)[C@H]4[C@@H](O)[C@@H]32)cc1. The van der Waals surface area contributed by atoms with Crippen molar-refractivity contribution in [3.05, 3.63) is 76.1 Å². The van der Waals surface area contributed by atoms with Crippen LogP contribution in [0.5, 0.6) is 11.5 Å². The maximum absolute atomic E-state index is 14.2. The van der Waals surface area contributed by atoms with E-state index in [4.69, 9.17) is 10.5 Å². The minimum atomic E-state index is -2.99. The van der Waals surface area contributed by atoms with Crippen LogP contribution in [0.15, 0.2) is 59.4 Å². The second kappa shape index (κ2) is 9.88. The number of aliphatic hydroxyl groups is 4. The van der Waals surface area contributed by atoms with E-state index < -0.39 is 69.7 Å². The van der Waals surface area contributed by atoms with Crippen molar-refractivity contribution in [2.45, 2.75) is 24.7 Å². The molecule has 0 aliphatic heterocycles. The number of rotatable bonds is 5. The molecule has 11 nitrogen and oxygen atoms in total. The molecule has 3 aliphatic rings. The number of nitrogens with zero attached hydrogens (tertiary/aromatic N) is 1. The van der Waals surface area contributed by atoms with Crippen LogP contribution in [0.3, 0.4) is 0 Å². The lowest BCUT2D eigenvalue weighted by molar-refractivity contribution is -0.166. The van der Waals surface area contributed by atoms with Crippen molar-refractivity contribution in [1.82, 2.24) is 4.90 Å². The van der Waals surface area contributed by atoms with Crippen LogP contribution in [-0.2, 0) is 14.4 Å². The lowest BCUT2D eigenvalue weighted by Gasteiger charge is -2.53. The average molecular weight is 563 g/mol. The topological polar surface area (TPSA) is 191 Å². The minimum absolute atomic E-state index is 0.117. The number of carbonyl (C=O) groups excluding carboxylic acids is 3. The van der Waals surface area contributed by atoms with E-state index in [9.17, 15) is 39.9 Å². The number of hydrogen-bond acceptors (Lipinski definition) is 10. The molecule has 214 valence electrons. The standard InChI is InChI=1S/C30H30N2O9/c1-4-41-14-10-8-13(9-11-14)12-16-15-6-5-7-17(33)18(15)24(34)20-19(16)25(35)22-23(32(2)3)26(36)21(29(31)39)28(38)30(22,40)27(20)37/h5-12,19,22-23,25,33-35,38,40H,4H2,1-3H3,(H2,31,39)/b16-12+/t19-,22+,23+,25+,30+/m1/s1. The van der Waals surface area contributed by atoms with Gasteiger partial charge in [0.1, 0.15) is 28.6 Å². The van der Waals surface area contributed by atoms with Gasteiger partial charge in [0, 0.05) is 5.92 Å². The van der Waals surface area contributed by atoms with Crippen LogP contribution < -0.4 is 10.5 Å². The van der Waals surface area contributed by atoms with E-state index in [2.05, 4.69) is 0 Å². The number of fused-ring (bicyclic) bond motifs is 3. The molecule has 3 aliphatic carbocycles. The van der Waals surface area contributed by atoms with Crippen molar-refractivity contribution in [3.8, 4) is 11.5 Å². The molecule has 1 saturated carbocycles. The highest BCUT2D eigenvalue weighted by atomic mass is 16.5. The third-order valence-corrected chi connectivity index (χ3v) is 8.04. The number of primary amides is 1. The van der Waals surface area contributed by atoms with Crippen molar-refractivity contribution in [2.75, 3.05) is 20.7 Å². The van der Waals surface area contributed by atoms with E-state index in [1.165, 1.54) is 31.1 Å². The molecule has 0 radical (unpaired) electrons. The lowest BCUT2D eigenvalue weighted by Crippen LogP contribution is -2.70. The number of Topliss-reactive ketones (excluding diaryl/α,β-unsaturated/α-hetero) is 2. The van der Waals surface area contributed by atoms with Crippen LogP contribution in [0.2, 0.25) is 0 Å². The molecule has 0 saturated heterocycles. The van der Waals surface area contributed by atoms with Gasteiger partial charge in [0.05, 0.1) is 35.8 Å². The van der Waals surface area contributed by atoms with Gasteiger partial charge in [-0.05, 0) is 55.9 Å². The van der Waals surface area contributed by atoms with Crippen molar-refractivity contribution >= 4 is 34.9 Å². The van der Waals surface area contributed by atoms with E-state index in [0.29, 0.717) is 29.1 Å². The summed E-state index contributed by atoms with van der Waals surface area (Å²) in [6, 6.07) is 9.93. The highest BCUT2D eigenvalue weighted by molar-refractivity contribution is 6.25. The summed E-state index contributed by atoms with van der Waals surface area (Å²) in [5.41, 5.74) is 2.04. The van der Waals surface area contributed by atoms with Gasteiger partial charge in [0.15, 0.2) is 11.4 Å². The molecule has 41 heavy (non-hydrogen) atoms. The van der Waals surface area contributed by atoms with Crippen LogP contribution in [0.25, 0.3) is 17.4 Å². The van der Waals surface area contributed by atoms with Gasteiger partial charge in [0.25, 0.3) is 5.91 Å². The third kappa shape index (κ3) is 3.96. The maximum atomic E-state index is 14.2. The monoisotopic (exact) mass is 562 g/mol. The van der Waals surface area contributed by atoms with Crippen LogP contribution in [0, 0.1) is 11.8 Å². The molecule has 2 aromatic carbocycles. The predicted octanol–water partition coefficient (Wildman–Crippen LogP) is 1.33. The van der Waals surface area contributed by atoms with Crippen LogP contribution in [0.4, 0.5) is 0 Å². The smallest absolute Gasteiger partial charge is 0.255 e. The number of aromatic hydroxyl groups is 1. The van der Waals surface area contributed by atoms with E-state index in [1.807, 2.05) is 6.92 Å². The fraction of sp³-hybridized carbons (Fsp3) is 0.300. The Labute approximate surface area is 235 Å². The van der Waals surface area contributed by atoms with Gasteiger partial charge in [-0.15, -0.1) is 0 Å². The Kier molecular flexibility index (Phi) is 6.77. The first-order chi connectivity index (χ1) is 19.4. The maximum Gasteiger partial charge on any atom is 0.255 e. The summed E-state index contributed by atoms with van der Waals surface area (Å²) in [4.78, 5) is 41.1. The van der Waals surface area contributed by atoms with Crippen LogP contribution in [0.1, 0.15) is 23.6 Å². The Bertz CT molecular complexity index is 1570. The van der Waals surface area contributed by atoms with Crippen molar-refractivity contribution in [3.63, 3.8) is 0 Å². The lowest BCUT2D eigenvalue weighted by atomic mass is 9.55. The Morgan fingerprint density at radius 1 is 1.10 bits per heavy atom. The number of amides is 1. The molecule has 2 aromatic rings. The molecule has 5 atom stereocenters. The van der Waals surface area contributed by atoms with Gasteiger partial charge in [-0.2, -0.15) is 0 Å². The molecule has 5 rings (SSSR count). The number of aliphatic hydroxyl groups excluding tert-OH is 3. The molecular weight excluding hydrogens is 532 g/mol. The summed E-state index contributed by atoms with van der Waals surface area (Å²) >= 11 is 0. The third-order valence-electron chi connectivity index (χ3n) is 8.04. The second-order valence-electron chi connectivity index (χ2n) is 10.5. The number of phenolic OH excluding ortho intramolecular Hbond substituents is 1. The summed E-state index contributed by atoms with van der Waals surface area (Å²) < 4.78 is 5.50. The Hall–Kier alpha value is -4.45. The van der Waals surface area contributed by atoms with Gasteiger partial charge in [-0.1, -0.05) is 30.3 Å². The summed E-state index contributed by atoms with van der Waals surface area (Å²) in [5, 5.41) is 56.9. The molecule has 0 unspecified atom stereocenters. The second-order valence-corrected chi connectivity index (χ2v) is 10.5. The summed E-state index contributed by atoms with van der Waals surface area (Å²) in [7, 11) is 2.91. The zero-order valence-electron chi connectivity index (χ0n) is 22.5. The van der Waals surface area contributed by atoms with Gasteiger partial charge in [-0.25, -0.2) is 0 Å². The predicted molar refractivity (Wildman–Crippen MR) is 147 cm³/mol. The van der Waals surface area contributed by atoms with E-state index >= 15 is 0 Å². The first-order valence-corrected chi connectivity index (χ1v) is 13.0. The molecular formula is C30H30N2O9. The fourth-order valence-corrected chi connectivity index (χ4v) is 6.32. The Morgan fingerprint density at radius 3 is 2.34 bits per heavy atom. The molecule has 1 fully saturated rings. The zero-order chi connectivity index (χ0) is 30.0. The Balaban J connectivity index is 1.81. The number of nitrogens with two attached hydrogens (primary N) is 1. The average Bonchev–Trinajstić information content (AvgIpc) is 2.91. The number of ether oxygens (including phenoxy) is 1. The molecule has 11 heteroatoms. The number of hydrogen-bond donors (Lipinski definition) is 6. The number of ketones is 2. The largest absolute Gasteiger partial charge is 0.508 e. The zero-order valence-corrected chi connectivity index (χ0v) is 22.5. The highest BCUT2D eigenvalue weighted by Crippen LogP contribution is 2.56. The van der Waals surface area contributed by atoms with Crippen LogP contribution >= 0.6 is 0 Å². The van der Waals surface area contributed by atoms with Crippen molar-refractivity contribution < 1.29 is 44.7 Å². The van der Waals surface area contributed by atoms with Gasteiger partial charge < -0.3 is 36.0 Å². The number of likely N-dealkylation sites (N-methyl/N-ethyl adjacent to an activating group) is 1. The number of benzene rings is 2. The Morgan fingerprint density at radius 2 is 1.76 bits per heavy atom. The van der Waals surface area contributed by atoms with Gasteiger partial charge in [-0.3, -0.25) is 19.3 Å². The molecule has 0 bridgehead atoms. The quantitative estimate of drug-likeness (QED) is 0.290. The van der Waals surface area contributed by atoms with Crippen molar-refractivity contribution in [2.24, 2.45) is 17.6 Å². The molecule has 0 spiro atoms. The van der Waals surface area contributed by atoms with Gasteiger partial charge in [0.2, 0.25) is 5.78 Å². The number of carbonyl (C=O) groups is 3. The molecule has 0 aromatic heterocycles. The van der Waals surface area contributed by atoms with E-state index in [-0.39, 0.29) is 11.3 Å². The first-order valence-electron chi connectivity index (χ1n) is 13.0. The molecule has 0 heterocycles. The molecule has 1 amide bonds. The highest BCUT2D eigenvalue weighted by Gasteiger charge is 2.68. The summed E-state index contributed by atoms with van der Waals surface area (Å²) in [6.07, 6.45) is -0.0848. The van der Waals surface area contributed by atoms with E-state index in [1.54, 1.807) is 36.4 Å². The minimum Gasteiger partial charge on any atom is -0.508 e. The van der Waals surface area contributed by atoms with Crippen molar-refractivity contribution in [1.29, 1.82) is 0 Å². The van der Waals surface area contributed by atoms with Crippen LogP contribution in [-0.4, -0.2) is 86.4 Å².